The predicted octanol–water partition coefficient (Wildman–Crippen LogP) is 2.65. The zero-order chi connectivity index (χ0) is 19.5. The predicted molar refractivity (Wildman–Crippen MR) is 101 cm³/mol. The van der Waals surface area contributed by atoms with Gasteiger partial charge < -0.3 is 4.74 Å². The molecule has 0 spiro atoms. The fraction of sp³-hybridized carbons (Fsp3) is 0.278. The number of ether oxygens (including phenoxy) is 1. The summed E-state index contributed by atoms with van der Waals surface area (Å²) in [6, 6.07) is 13.3. The topological polar surface area (TPSA) is 99.2 Å². The van der Waals surface area contributed by atoms with E-state index >= 15 is 0 Å². The number of hydrogen-bond acceptors (Lipinski definition) is 7. The van der Waals surface area contributed by atoms with E-state index in [1.54, 1.807) is 41.1 Å². The van der Waals surface area contributed by atoms with E-state index in [2.05, 4.69) is 20.4 Å². The molecule has 28 heavy (non-hydrogen) atoms. The molecule has 2 heterocycles. The second kappa shape index (κ2) is 8.01. The molecule has 0 amide bonds. The highest BCUT2D eigenvalue weighted by atomic mass is 35.5. The molecule has 1 atom stereocenters. The van der Waals surface area contributed by atoms with Crippen LogP contribution >= 0.6 is 11.6 Å². The lowest BCUT2D eigenvalue weighted by Crippen LogP contribution is -2.40. The number of morpholine rings is 1. The summed E-state index contributed by atoms with van der Waals surface area (Å²) in [4.78, 5) is 13.4. The van der Waals surface area contributed by atoms with Crippen molar-refractivity contribution in [3.05, 3.63) is 75.1 Å². The van der Waals surface area contributed by atoms with Gasteiger partial charge in [0.2, 0.25) is 0 Å². The Morgan fingerprint density at radius 1 is 1.14 bits per heavy atom. The lowest BCUT2D eigenvalue weighted by Gasteiger charge is -2.33. The van der Waals surface area contributed by atoms with Crippen molar-refractivity contribution in [1.29, 1.82) is 0 Å². The number of para-hydroxylation sites is 1. The van der Waals surface area contributed by atoms with E-state index in [1.807, 2.05) is 6.07 Å². The molecule has 9 nitrogen and oxygen atoms in total. The molecule has 1 saturated heterocycles. The van der Waals surface area contributed by atoms with Crippen molar-refractivity contribution in [2.24, 2.45) is 0 Å². The summed E-state index contributed by atoms with van der Waals surface area (Å²) in [5.41, 5.74) is 1.25. The van der Waals surface area contributed by atoms with E-state index in [0.29, 0.717) is 48.4 Å². The van der Waals surface area contributed by atoms with Gasteiger partial charge in [-0.05, 0) is 28.6 Å². The monoisotopic (exact) mass is 400 g/mol. The number of halogens is 1. The third-order valence-electron chi connectivity index (χ3n) is 4.63. The molecule has 0 aliphatic carbocycles. The van der Waals surface area contributed by atoms with Crippen LogP contribution in [0.4, 0.5) is 5.69 Å². The summed E-state index contributed by atoms with van der Waals surface area (Å²) >= 11 is 6.13. The number of rotatable bonds is 5. The second-order valence-corrected chi connectivity index (χ2v) is 6.73. The quantitative estimate of drug-likeness (QED) is 0.479. The van der Waals surface area contributed by atoms with Crippen molar-refractivity contribution in [3.63, 3.8) is 0 Å². The summed E-state index contributed by atoms with van der Waals surface area (Å²) in [7, 11) is 0. The van der Waals surface area contributed by atoms with Crippen LogP contribution in [0, 0.1) is 10.1 Å². The molecule has 1 aliphatic heterocycles. The van der Waals surface area contributed by atoms with Gasteiger partial charge in [0.25, 0.3) is 5.69 Å². The molecular weight excluding hydrogens is 384 g/mol. The smallest absolute Gasteiger partial charge is 0.274 e. The minimum Gasteiger partial charge on any atom is -0.379 e. The van der Waals surface area contributed by atoms with Gasteiger partial charge in [0.15, 0.2) is 5.82 Å². The summed E-state index contributed by atoms with van der Waals surface area (Å²) in [6.45, 7) is 2.30. The van der Waals surface area contributed by atoms with Gasteiger partial charge in [0.05, 0.1) is 29.4 Å². The van der Waals surface area contributed by atoms with Crippen molar-refractivity contribution in [2.45, 2.75) is 6.04 Å². The third kappa shape index (κ3) is 3.59. The highest BCUT2D eigenvalue weighted by Crippen LogP contribution is 2.34. The first-order chi connectivity index (χ1) is 13.6. The van der Waals surface area contributed by atoms with Crippen LogP contribution in [0.15, 0.2) is 48.5 Å². The molecular formula is C18H17ClN6O3. The highest BCUT2D eigenvalue weighted by molar-refractivity contribution is 6.30. The Labute approximate surface area is 165 Å². The van der Waals surface area contributed by atoms with E-state index in [9.17, 15) is 10.1 Å². The molecule has 2 aromatic carbocycles. The third-order valence-corrected chi connectivity index (χ3v) is 4.86. The number of nitro groups is 1. The number of hydrogen-bond donors (Lipinski definition) is 0. The number of aromatic nitrogens is 4. The van der Waals surface area contributed by atoms with Crippen LogP contribution in [0.3, 0.4) is 0 Å². The fourth-order valence-corrected chi connectivity index (χ4v) is 3.56. The standard InChI is InChI=1S/C18H17ClN6O3/c19-13-4-3-5-14(12-13)24-18(20-21-22-24)17(23-8-10-28-11-9-23)15-6-1-2-7-16(15)25(26)27/h1-7,12,17H,8-11H2/t17-/m0/s1. The van der Waals surface area contributed by atoms with Gasteiger partial charge in [-0.2, -0.15) is 4.68 Å². The van der Waals surface area contributed by atoms with E-state index in [-0.39, 0.29) is 10.6 Å². The van der Waals surface area contributed by atoms with E-state index in [1.165, 1.54) is 6.07 Å². The normalized spacial score (nSPS) is 16.0. The van der Waals surface area contributed by atoms with Gasteiger partial charge in [0.1, 0.15) is 6.04 Å². The molecule has 10 heteroatoms. The van der Waals surface area contributed by atoms with Gasteiger partial charge in [-0.3, -0.25) is 15.0 Å². The van der Waals surface area contributed by atoms with Crippen molar-refractivity contribution in [3.8, 4) is 5.69 Å². The highest BCUT2D eigenvalue weighted by Gasteiger charge is 2.34. The van der Waals surface area contributed by atoms with Crippen LogP contribution in [0.2, 0.25) is 5.02 Å². The minimum absolute atomic E-state index is 0.0274. The molecule has 3 aromatic rings. The van der Waals surface area contributed by atoms with Gasteiger partial charge in [-0.15, -0.1) is 5.10 Å². The van der Waals surface area contributed by atoms with Crippen molar-refractivity contribution >= 4 is 17.3 Å². The van der Waals surface area contributed by atoms with E-state index in [4.69, 9.17) is 16.3 Å². The van der Waals surface area contributed by atoms with Crippen LogP contribution in [-0.2, 0) is 4.74 Å². The minimum atomic E-state index is -0.500. The number of nitro benzene ring substituents is 1. The second-order valence-electron chi connectivity index (χ2n) is 6.30. The zero-order valence-corrected chi connectivity index (χ0v) is 15.6. The molecule has 0 radical (unpaired) electrons. The Kier molecular flexibility index (Phi) is 5.29. The van der Waals surface area contributed by atoms with E-state index < -0.39 is 6.04 Å². The summed E-state index contributed by atoms with van der Waals surface area (Å²) < 4.78 is 7.03. The van der Waals surface area contributed by atoms with Crippen molar-refractivity contribution in [1.82, 2.24) is 25.1 Å². The maximum atomic E-state index is 11.7. The average molecular weight is 401 g/mol. The van der Waals surface area contributed by atoms with Gasteiger partial charge in [-0.1, -0.05) is 35.9 Å². The van der Waals surface area contributed by atoms with Crippen LogP contribution in [0.25, 0.3) is 5.69 Å². The maximum Gasteiger partial charge on any atom is 0.274 e. The Balaban J connectivity index is 1.87. The van der Waals surface area contributed by atoms with Gasteiger partial charge in [-0.25, -0.2) is 0 Å². The van der Waals surface area contributed by atoms with Crippen molar-refractivity contribution in [2.75, 3.05) is 26.3 Å². The first-order valence-electron chi connectivity index (χ1n) is 8.74. The van der Waals surface area contributed by atoms with Crippen LogP contribution in [0.1, 0.15) is 17.4 Å². The molecule has 1 aromatic heterocycles. The maximum absolute atomic E-state index is 11.7. The molecule has 144 valence electrons. The Morgan fingerprint density at radius 2 is 1.93 bits per heavy atom. The SMILES string of the molecule is O=[N+]([O-])c1ccccc1[C@@H](c1nnnn1-c1cccc(Cl)c1)N1CCOCC1. The lowest BCUT2D eigenvalue weighted by atomic mass is 10.0. The molecule has 0 N–H and O–H groups in total. The number of benzene rings is 2. The molecule has 0 saturated carbocycles. The average Bonchev–Trinajstić information content (AvgIpc) is 3.19. The van der Waals surface area contributed by atoms with Crippen LogP contribution in [-0.4, -0.2) is 56.3 Å². The Morgan fingerprint density at radius 3 is 2.68 bits per heavy atom. The Hall–Kier alpha value is -2.88. The lowest BCUT2D eigenvalue weighted by molar-refractivity contribution is -0.385. The zero-order valence-electron chi connectivity index (χ0n) is 14.8. The first-order valence-corrected chi connectivity index (χ1v) is 9.12. The van der Waals surface area contributed by atoms with Crippen LogP contribution < -0.4 is 0 Å². The van der Waals surface area contributed by atoms with Crippen molar-refractivity contribution < 1.29 is 9.66 Å². The molecule has 0 bridgehead atoms. The molecule has 4 rings (SSSR count). The Bertz CT molecular complexity index is 989. The van der Waals surface area contributed by atoms with Crippen LogP contribution in [0.5, 0.6) is 0 Å². The molecule has 1 aliphatic rings. The molecule has 1 fully saturated rings. The summed E-state index contributed by atoms with van der Waals surface area (Å²) in [5, 5.41) is 24.4. The fourth-order valence-electron chi connectivity index (χ4n) is 3.38. The largest absolute Gasteiger partial charge is 0.379 e. The number of nitrogens with zero attached hydrogens (tertiary/aromatic N) is 6. The summed E-state index contributed by atoms with van der Waals surface area (Å²) in [5.74, 6) is 0.485. The molecule has 0 unspecified atom stereocenters. The van der Waals surface area contributed by atoms with Gasteiger partial charge >= 0.3 is 0 Å². The number of tetrazole rings is 1. The first kappa shape index (κ1) is 18.5. The van der Waals surface area contributed by atoms with E-state index in [0.717, 1.165) is 0 Å². The summed E-state index contributed by atoms with van der Waals surface area (Å²) in [6.07, 6.45) is 0. The van der Waals surface area contributed by atoms with Gasteiger partial charge in [0, 0.05) is 24.2 Å².